The number of aliphatic hydroxyl groups is 1. The summed E-state index contributed by atoms with van der Waals surface area (Å²) in [5.74, 6) is 0.698. The molecular formula is C8H12N2O2. The number of aromatic nitrogens is 1. The highest BCUT2D eigenvalue weighted by Crippen LogP contribution is 2.13. The molecule has 0 saturated carbocycles. The Morgan fingerprint density at radius 1 is 1.75 bits per heavy atom. The minimum atomic E-state index is -0.430. The van der Waals surface area contributed by atoms with Gasteiger partial charge in [-0.15, -0.1) is 0 Å². The first-order chi connectivity index (χ1) is 5.77. The average molecular weight is 168 g/mol. The zero-order valence-electron chi connectivity index (χ0n) is 6.90. The van der Waals surface area contributed by atoms with Crippen LogP contribution in [0.15, 0.2) is 18.3 Å². The molecule has 12 heavy (non-hydrogen) atoms. The molecule has 66 valence electrons. The van der Waals surface area contributed by atoms with Crippen molar-refractivity contribution in [1.29, 1.82) is 0 Å². The van der Waals surface area contributed by atoms with Crippen molar-refractivity contribution in [3.63, 3.8) is 0 Å². The summed E-state index contributed by atoms with van der Waals surface area (Å²) >= 11 is 0. The third kappa shape index (κ3) is 1.93. The van der Waals surface area contributed by atoms with Crippen LogP contribution in [0.2, 0.25) is 0 Å². The predicted molar refractivity (Wildman–Crippen MR) is 44.8 cm³/mol. The maximum absolute atomic E-state index is 8.75. The summed E-state index contributed by atoms with van der Waals surface area (Å²) in [5, 5.41) is 8.75. The number of nitrogens with two attached hydrogens (primary N) is 1. The highest BCUT2D eigenvalue weighted by molar-refractivity contribution is 5.24. The van der Waals surface area contributed by atoms with Crippen LogP contribution in [0.1, 0.15) is 11.7 Å². The second-order valence-electron chi connectivity index (χ2n) is 2.41. The maximum Gasteiger partial charge on any atom is 0.122 e. The van der Waals surface area contributed by atoms with Gasteiger partial charge in [0.2, 0.25) is 0 Å². The van der Waals surface area contributed by atoms with E-state index < -0.39 is 6.04 Å². The Labute approximate surface area is 71.0 Å². The van der Waals surface area contributed by atoms with Gasteiger partial charge in [0.05, 0.1) is 25.5 Å². The summed E-state index contributed by atoms with van der Waals surface area (Å²) in [4.78, 5) is 3.99. The van der Waals surface area contributed by atoms with Gasteiger partial charge >= 0.3 is 0 Å². The molecule has 1 heterocycles. The van der Waals surface area contributed by atoms with E-state index in [1.807, 2.05) is 0 Å². The number of hydrogen-bond donors (Lipinski definition) is 2. The van der Waals surface area contributed by atoms with Gasteiger partial charge in [-0.05, 0) is 6.07 Å². The van der Waals surface area contributed by atoms with Crippen molar-refractivity contribution >= 4 is 0 Å². The molecule has 1 rings (SSSR count). The second-order valence-corrected chi connectivity index (χ2v) is 2.41. The number of rotatable bonds is 3. The Hall–Kier alpha value is -1.13. The third-order valence-electron chi connectivity index (χ3n) is 1.56. The molecule has 0 amide bonds. The fourth-order valence-electron chi connectivity index (χ4n) is 0.851. The monoisotopic (exact) mass is 168 g/mol. The predicted octanol–water partition coefficient (Wildman–Crippen LogP) is 0.0823. The summed E-state index contributed by atoms with van der Waals surface area (Å²) in [7, 11) is 1.57. The van der Waals surface area contributed by atoms with Gasteiger partial charge in [-0.25, -0.2) is 0 Å². The van der Waals surface area contributed by atoms with Crippen molar-refractivity contribution in [2.75, 3.05) is 13.7 Å². The quantitative estimate of drug-likeness (QED) is 0.670. The molecule has 0 spiro atoms. The van der Waals surface area contributed by atoms with E-state index in [2.05, 4.69) is 4.98 Å². The zero-order valence-corrected chi connectivity index (χ0v) is 6.90. The molecule has 1 atom stereocenters. The lowest BCUT2D eigenvalue weighted by molar-refractivity contribution is 0.265. The minimum absolute atomic E-state index is 0.111. The van der Waals surface area contributed by atoms with Gasteiger partial charge in [0.25, 0.3) is 0 Å². The van der Waals surface area contributed by atoms with Gasteiger partial charge in [0.1, 0.15) is 5.75 Å². The lowest BCUT2D eigenvalue weighted by atomic mass is 10.2. The number of aliphatic hydroxyl groups excluding tert-OH is 1. The summed E-state index contributed by atoms with van der Waals surface area (Å²) in [6.07, 6.45) is 1.60. The highest BCUT2D eigenvalue weighted by atomic mass is 16.5. The first kappa shape index (κ1) is 8.96. The number of hydrogen-bond acceptors (Lipinski definition) is 4. The summed E-state index contributed by atoms with van der Waals surface area (Å²) < 4.78 is 4.97. The molecule has 0 bridgehead atoms. The molecule has 0 aliphatic rings. The molecule has 3 N–H and O–H groups in total. The molecule has 1 aromatic heterocycles. The van der Waals surface area contributed by atoms with E-state index >= 15 is 0 Å². The van der Waals surface area contributed by atoms with E-state index in [-0.39, 0.29) is 6.61 Å². The number of pyridine rings is 1. The molecular weight excluding hydrogens is 156 g/mol. The number of ether oxygens (including phenoxy) is 1. The molecule has 1 aromatic rings. The Morgan fingerprint density at radius 2 is 2.50 bits per heavy atom. The van der Waals surface area contributed by atoms with Crippen LogP contribution in [0.5, 0.6) is 5.75 Å². The van der Waals surface area contributed by atoms with Crippen LogP contribution in [0.4, 0.5) is 0 Å². The largest absolute Gasteiger partial charge is 0.497 e. The Balaban J connectivity index is 2.86. The van der Waals surface area contributed by atoms with Gasteiger partial charge in [-0.1, -0.05) is 0 Å². The molecule has 0 radical (unpaired) electrons. The van der Waals surface area contributed by atoms with Crippen molar-refractivity contribution in [1.82, 2.24) is 4.98 Å². The fourth-order valence-corrected chi connectivity index (χ4v) is 0.851. The second kappa shape index (κ2) is 4.04. The van der Waals surface area contributed by atoms with Crippen LogP contribution in [-0.4, -0.2) is 23.8 Å². The van der Waals surface area contributed by atoms with Crippen LogP contribution < -0.4 is 10.5 Å². The lowest BCUT2D eigenvalue weighted by Crippen LogP contribution is -2.15. The van der Waals surface area contributed by atoms with Crippen molar-refractivity contribution in [2.24, 2.45) is 5.73 Å². The standard InChI is InChI=1S/C8H12N2O2/c1-12-6-2-3-10-8(4-6)7(9)5-11/h2-4,7,11H,5,9H2,1H3/t7-/m0/s1. The van der Waals surface area contributed by atoms with Crippen molar-refractivity contribution in [2.45, 2.75) is 6.04 Å². The van der Waals surface area contributed by atoms with E-state index in [4.69, 9.17) is 15.6 Å². The zero-order chi connectivity index (χ0) is 8.97. The Morgan fingerprint density at radius 3 is 3.08 bits per heavy atom. The van der Waals surface area contributed by atoms with E-state index in [0.29, 0.717) is 11.4 Å². The molecule has 0 aliphatic heterocycles. The van der Waals surface area contributed by atoms with Gasteiger partial charge < -0.3 is 15.6 Å². The van der Waals surface area contributed by atoms with Gasteiger partial charge in [0.15, 0.2) is 0 Å². The Kier molecular flexibility index (Phi) is 3.01. The smallest absolute Gasteiger partial charge is 0.122 e. The normalized spacial score (nSPS) is 12.6. The topological polar surface area (TPSA) is 68.4 Å². The first-order valence-corrected chi connectivity index (χ1v) is 3.64. The third-order valence-corrected chi connectivity index (χ3v) is 1.56. The maximum atomic E-state index is 8.75. The van der Waals surface area contributed by atoms with E-state index in [1.165, 1.54) is 0 Å². The van der Waals surface area contributed by atoms with Gasteiger partial charge in [-0.2, -0.15) is 0 Å². The molecule has 4 nitrogen and oxygen atoms in total. The highest BCUT2D eigenvalue weighted by Gasteiger charge is 2.05. The van der Waals surface area contributed by atoms with E-state index in [1.54, 1.807) is 25.4 Å². The van der Waals surface area contributed by atoms with Crippen molar-refractivity contribution in [3.8, 4) is 5.75 Å². The van der Waals surface area contributed by atoms with Crippen LogP contribution in [0.25, 0.3) is 0 Å². The summed E-state index contributed by atoms with van der Waals surface area (Å²) in [5.41, 5.74) is 6.19. The summed E-state index contributed by atoms with van der Waals surface area (Å²) in [6.45, 7) is -0.111. The lowest BCUT2D eigenvalue weighted by Gasteiger charge is -2.07. The minimum Gasteiger partial charge on any atom is -0.497 e. The van der Waals surface area contributed by atoms with E-state index in [9.17, 15) is 0 Å². The molecule has 4 heteroatoms. The van der Waals surface area contributed by atoms with Crippen molar-refractivity contribution < 1.29 is 9.84 Å². The molecule has 0 fully saturated rings. The molecule has 0 aliphatic carbocycles. The number of nitrogens with zero attached hydrogens (tertiary/aromatic N) is 1. The molecule has 0 saturated heterocycles. The average Bonchev–Trinajstić information content (AvgIpc) is 2.17. The first-order valence-electron chi connectivity index (χ1n) is 3.64. The Bertz CT molecular complexity index is 253. The van der Waals surface area contributed by atoms with Gasteiger partial charge in [-0.3, -0.25) is 4.98 Å². The number of methoxy groups -OCH3 is 1. The van der Waals surface area contributed by atoms with Gasteiger partial charge in [0, 0.05) is 12.3 Å². The van der Waals surface area contributed by atoms with Crippen molar-refractivity contribution in [3.05, 3.63) is 24.0 Å². The van der Waals surface area contributed by atoms with Crippen LogP contribution in [-0.2, 0) is 0 Å². The van der Waals surface area contributed by atoms with Crippen LogP contribution in [0.3, 0.4) is 0 Å². The molecule has 0 unspecified atom stereocenters. The van der Waals surface area contributed by atoms with Crippen LogP contribution in [0, 0.1) is 0 Å². The summed E-state index contributed by atoms with van der Waals surface area (Å²) in [6, 6.07) is 3.01. The van der Waals surface area contributed by atoms with E-state index in [0.717, 1.165) is 0 Å². The fraction of sp³-hybridized carbons (Fsp3) is 0.375. The molecule has 0 aromatic carbocycles. The van der Waals surface area contributed by atoms with Crippen LogP contribution >= 0.6 is 0 Å². The SMILES string of the molecule is COc1ccnc([C@@H](N)CO)c1.